The van der Waals surface area contributed by atoms with Crippen LogP contribution in [0.2, 0.25) is 0 Å². The van der Waals surface area contributed by atoms with Crippen LogP contribution in [0.3, 0.4) is 0 Å². The second kappa shape index (κ2) is 5.30. The topological polar surface area (TPSA) is 29.5 Å². The van der Waals surface area contributed by atoms with Crippen LogP contribution in [0.25, 0.3) is 0 Å². The summed E-state index contributed by atoms with van der Waals surface area (Å²) in [5, 5.41) is 9.46. The first kappa shape index (κ1) is 13.0. The molecule has 0 saturated carbocycles. The number of aliphatic hydroxyl groups is 1. The monoisotopic (exact) mass is 226 g/mol. The smallest absolute Gasteiger partial charge is 0.165 e. The van der Waals surface area contributed by atoms with Gasteiger partial charge in [0.2, 0.25) is 0 Å². The van der Waals surface area contributed by atoms with E-state index in [1.54, 1.807) is 19.9 Å². The third-order valence-electron chi connectivity index (χ3n) is 2.12. The highest BCUT2D eigenvalue weighted by Crippen LogP contribution is 2.20. The van der Waals surface area contributed by atoms with Crippen LogP contribution in [0, 0.1) is 5.82 Å². The van der Waals surface area contributed by atoms with Crippen molar-refractivity contribution in [1.29, 1.82) is 0 Å². The zero-order valence-corrected chi connectivity index (χ0v) is 10.1. The fraction of sp³-hybridized carbons (Fsp3) is 0.538. The standard InChI is InChI=1S/C13H19FO2/c1-4-5-10-6-7-12(11(14)8-10)16-9-13(2,3)15/h6-8,15H,4-5,9H2,1-3H3. The first-order valence-electron chi connectivity index (χ1n) is 5.56. The summed E-state index contributed by atoms with van der Waals surface area (Å²) in [5.74, 6) is -0.169. The normalized spacial score (nSPS) is 11.6. The molecule has 0 aliphatic carbocycles. The van der Waals surface area contributed by atoms with Gasteiger partial charge in [0.25, 0.3) is 0 Å². The van der Waals surface area contributed by atoms with Crippen LogP contribution in [0.4, 0.5) is 4.39 Å². The third-order valence-corrected chi connectivity index (χ3v) is 2.12. The molecule has 2 nitrogen and oxygen atoms in total. The second-order valence-corrected chi connectivity index (χ2v) is 4.62. The predicted molar refractivity (Wildman–Crippen MR) is 62.2 cm³/mol. The van der Waals surface area contributed by atoms with Crippen molar-refractivity contribution in [2.75, 3.05) is 6.61 Å². The first-order chi connectivity index (χ1) is 7.42. The first-order valence-corrected chi connectivity index (χ1v) is 5.56. The molecule has 0 bridgehead atoms. The SMILES string of the molecule is CCCc1ccc(OCC(C)(C)O)c(F)c1. The highest BCUT2D eigenvalue weighted by atomic mass is 19.1. The molecule has 0 aliphatic rings. The van der Waals surface area contributed by atoms with Gasteiger partial charge >= 0.3 is 0 Å². The Hall–Kier alpha value is -1.09. The van der Waals surface area contributed by atoms with Crippen molar-refractivity contribution in [1.82, 2.24) is 0 Å². The van der Waals surface area contributed by atoms with E-state index in [9.17, 15) is 9.50 Å². The summed E-state index contributed by atoms with van der Waals surface area (Å²) in [7, 11) is 0. The molecule has 0 radical (unpaired) electrons. The average Bonchev–Trinajstić information content (AvgIpc) is 2.15. The van der Waals surface area contributed by atoms with E-state index in [0.29, 0.717) is 0 Å². The van der Waals surface area contributed by atoms with Gasteiger partial charge in [0.1, 0.15) is 6.61 Å². The molecule has 1 rings (SSSR count). The largest absolute Gasteiger partial charge is 0.488 e. The fourth-order valence-corrected chi connectivity index (χ4v) is 1.36. The summed E-state index contributed by atoms with van der Waals surface area (Å²) in [4.78, 5) is 0. The van der Waals surface area contributed by atoms with Crippen molar-refractivity contribution < 1.29 is 14.2 Å². The maximum absolute atomic E-state index is 13.5. The van der Waals surface area contributed by atoms with Crippen molar-refractivity contribution in [3.05, 3.63) is 29.6 Å². The summed E-state index contributed by atoms with van der Waals surface area (Å²) >= 11 is 0. The van der Waals surface area contributed by atoms with Gasteiger partial charge in [-0.3, -0.25) is 0 Å². The van der Waals surface area contributed by atoms with Crippen LogP contribution in [-0.4, -0.2) is 17.3 Å². The van der Waals surface area contributed by atoms with Gasteiger partial charge in [-0.25, -0.2) is 4.39 Å². The third kappa shape index (κ3) is 4.19. The molecule has 3 heteroatoms. The summed E-state index contributed by atoms with van der Waals surface area (Å²) in [6.45, 7) is 5.38. The number of benzene rings is 1. The van der Waals surface area contributed by atoms with Crippen molar-refractivity contribution in [2.45, 2.75) is 39.2 Å². The van der Waals surface area contributed by atoms with E-state index in [1.807, 2.05) is 6.07 Å². The molecule has 0 aliphatic heterocycles. The lowest BCUT2D eigenvalue weighted by Crippen LogP contribution is -2.28. The number of aryl methyl sites for hydroxylation is 1. The van der Waals surface area contributed by atoms with Gasteiger partial charge in [-0.1, -0.05) is 19.4 Å². The van der Waals surface area contributed by atoms with E-state index in [0.717, 1.165) is 18.4 Å². The maximum atomic E-state index is 13.5. The van der Waals surface area contributed by atoms with Crippen LogP contribution < -0.4 is 4.74 Å². The molecule has 0 saturated heterocycles. The molecule has 0 spiro atoms. The van der Waals surface area contributed by atoms with E-state index in [-0.39, 0.29) is 18.2 Å². The van der Waals surface area contributed by atoms with Gasteiger partial charge < -0.3 is 9.84 Å². The van der Waals surface area contributed by atoms with E-state index in [2.05, 4.69) is 6.92 Å². The zero-order valence-electron chi connectivity index (χ0n) is 10.1. The zero-order chi connectivity index (χ0) is 12.2. The minimum atomic E-state index is -0.950. The van der Waals surface area contributed by atoms with Crippen LogP contribution >= 0.6 is 0 Å². The Balaban J connectivity index is 2.68. The Labute approximate surface area is 96.1 Å². The van der Waals surface area contributed by atoms with Crippen LogP contribution in [-0.2, 0) is 6.42 Å². The molecule has 0 unspecified atom stereocenters. The molecular weight excluding hydrogens is 207 g/mol. The number of halogens is 1. The van der Waals surface area contributed by atoms with E-state index in [1.165, 1.54) is 6.07 Å². The van der Waals surface area contributed by atoms with Crippen molar-refractivity contribution >= 4 is 0 Å². The summed E-state index contributed by atoms with van der Waals surface area (Å²) in [5.41, 5.74) is 0.0183. The van der Waals surface area contributed by atoms with Crippen molar-refractivity contribution in [2.24, 2.45) is 0 Å². The van der Waals surface area contributed by atoms with Gasteiger partial charge in [0.15, 0.2) is 11.6 Å². The predicted octanol–water partition coefficient (Wildman–Crippen LogP) is 2.93. The molecule has 0 fully saturated rings. The average molecular weight is 226 g/mol. The van der Waals surface area contributed by atoms with Gasteiger partial charge in [-0.15, -0.1) is 0 Å². The quantitative estimate of drug-likeness (QED) is 0.836. The highest BCUT2D eigenvalue weighted by molar-refractivity contribution is 5.29. The van der Waals surface area contributed by atoms with Gasteiger partial charge in [0, 0.05) is 0 Å². The number of hydrogen-bond donors (Lipinski definition) is 1. The van der Waals surface area contributed by atoms with Crippen molar-refractivity contribution in [3.8, 4) is 5.75 Å². The Morgan fingerprint density at radius 2 is 2.06 bits per heavy atom. The molecule has 1 aromatic rings. The molecule has 90 valence electrons. The summed E-state index contributed by atoms with van der Waals surface area (Å²) in [6.07, 6.45) is 1.85. The van der Waals surface area contributed by atoms with Crippen LogP contribution in [0.5, 0.6) is 5.75 Å². The van der Waals surface area contributed by atoms with E-state index < -0.39 is 5.60 Å². The Morgan fingerprint density at radius 1 is 1.38 bits per heavy atom. The Morgan fingerprint density at radius 3 is 2.56 bits per heavy atom. The van der Waals surface area contributed by atoms with E-state index >= 15 is 0 Å². The lowest BCUT2D eigenvalue weighted by molar-refractivity contribution is 0.0272. The van der Waals surface area contributed by atoms with Gasteiger partial charge in [-0.2, -0.15) is 0 Å². The Bertz CT molecular complexity index is 342. The lowest BCUT2D eigenvalue weighted by Gasteiger charge is -2.18. The molecular formula is C13H19FO2. The molecule has 0 aromatic heterocycles. The molecule has 1 aromatic carbocycles. The van der Waals surface area contributed by atoms with Crippen LogP contribution in [0.1, 0.15) is 32.8 Å². The van der Waals surface area contributed by atoms with Gasteiger partial charge in [0.05, 0.1) is 5.60 Å². The second-order valence-electron chi connectivity index (χ2n) is 4.62. The minimum absolute atomic E-state index is 0.0804. The summed E-state index contributed by atoms with van der Waals surface area (Å²) in [6, 6.07) is 4.96. The molecule has 1 N–H and O–H groups in total. The van der Waals surface area contributed by atoms with E-state index in [4.69, 9.17) is 4.74 Å². The molecule has 0 heterocycles. The molecule has 0 amide bonds. The van der Waals surface area contributed by atoms with Gasteiger partial charge in [-0.05, 0) is 38.0 Å². The number of hydrogen-bond acceptors (Lipinski definition) is 2. The summed E-state index contributed by atoms with van der Waals surface area (Å²) < 4.78 is 18.8. The lowest BCUT2D eigenvalue weighted by atomic mass is 10.1. The van der Waals surface area contributed by atoms with Crippen molar-refractivity contribution in [3.63, 3.8) is 0 Å². The molecule has 16 heavy (non-hydrogen) atoms. The fourth-order valence-electron chi connectivity index (χ4n) is 1.36. The molecule has 0 atom stereocenters. The maximum Gasteiger partial charge on any atom is 0.165 e. The Kier molecular flexibility index (Phi) is 4.30. The number of ether oxygens (including phenoxy) is 1. The number of rotatable bonds is 5. The minimum Gasteiger partial charge on any atom is -0.488 e. The highest BCUT2D eigenvalue weighted by Gasteiger charge is 2.14. The van der Waals surface area contributed by atoms with Crippen LogP contribution in [0.15, 0.2) is 18.2 Å².